The molecule has 0 aromatic heterocycles. The van der Waals surface area contributed by atoms with E-state index in [1.165, 1.54) is 18.2 Å². The summed E-state index contributed by atoms with van der Waals surface area (Å²) in [6.07, 6.45) is 3.29. The highest BCUT2D eigenvalue weighted by Crippen LogP contribution is 2.19. The fourth-order valence-corrected chi connectivity index (χ4v) is 2.92. The summed E-state index contributed by atoms with van der Waals surface area (Å²) >= 11 is 0. The number of amides is 1. The highest BCUT2D eigenvalue weighted by atomic mass is 32.2. The molecule has 0 saturated heterocycles. The van der Waals surface area contributed by atoms with Crippen LogP contribution in [0.2, 0.25) is 0 Å². The van der Waals surface area contributed by atoms with Crippen LogP contribution < -0.4 is 10.5 Å². The van der Waals surface area contributed by atoms with Crippen LogP contribution in [-0.4, -0.2) is 14.3 Å². The number of sulfonamides is 1. The third-order valence-electron chi connectivity index (χ3n) is 3.24. The monoisotopic (exact) mass is 348 g/mol. The van der Waals surface area contributed by atoms with E-state index in [0.717, 1.165) is 0 Å². The zero-order chi connectivity index (χ0) is 17.7. The third kappa shape index (κ3) is 5.00. The molecule has 126 valence electrons. The molecule has 7 heteroatoms. The highest BCUT2D eigenvalue weighted by molar-refractivity contribution is 7.89. The molecule has 0 spiro atoms. The minimum atomic E-state index is -3.85. The van der Waals surface area contributed by atoms with Crippen LogP contribution in [0.5, 0.6) is 0 Å². The van der Waals surface area contributed by atoms with Gasteiger partial charge in [-0.25, -0.2) is 17.9 Å². The molecule has 0 saturated carbocycles. The van der Waals surface area contributed by atoms with Gasteiger partial charge in [0.05, 0.1) is 4.90 Å². The first kappa shape index (κ1) is 17.8. The molecule has 0 aliphatic heterocycles. The molecule has 2 aromatic carbocycles. The first-order valence-corrected chi connectivity index (χ1v) is 8.66. The Morgan fingerprint density at radius 1 is 1.25 bits per heavy atom. The van der Waals surface area contributed by atoms with Crippen molar-refractivity contribution in [2.24, 2.45) is 5.14 Å². The van der Waals surface area contributed by atoms with Crippen molar-refractivity contribution in [3.8, 4) is 0 Å². The largest absolute Gasteiger partial charge is 0.326 e. The maximum absolute atomic E-state index is 13.0. The maximum atomic E-state index is 13.0. The lowest BCUT2D eigenvalue weighted by Crippen LogP contribution is -2.15. The van der Waals surface area contributed by atoms with Crippen LogP contribution in [0.4, 0.5) is 10.1 Å². The van der Waals surface area contributed by atoms with Crippen LogP contribution in [0, 0.1) is 12.7 Å². The van der Waals surface area contributed by atoms with E-state index in [4.69, 9.17) is 5.14 Å². The van der Waals surface area contributed by atoms with E-state index in [0.29, 0.717) is 16.8 Å². The molecule has 0 bridgehead atoms. The number of nitrogens with two attached hydrogens (primary N) is 1. The number of benzene rings is 2. The van der Waals surface area contributed by atoms with Crippen molar-refractivity contribution in [2.45, 2.75) is 18.2 Å². The Morgan fingerprint density at radius 3 is 2.67 bits per heavy atom. The number of hydrogen-bond donors (Lipinski definition) is 2. The molecule has 0 aliphatic carbocycles. The fourth-order valence-electron chi connectivity index (χ4n) is 2.11. The van der Waals surface area contributed by atoms with Gasteiger partial charge in [-0.3, -0.25) is 4.79 Å². The summed E-state index contributed by atoms with van der Waals surface area (Å²) in [7, 11) is -3.85. The maximum Gasteiger partial charge on any atom is 0.238 e. The van der Waals surface area contributed by atoms with Gasteiger partial charge in [-0.1, -0.05) is 30.4 Å². The van der Waals surface area contributed by atoms with Gasteiger partial charge in [-0.2, -0.15) is 0 Å². The molecule has 0 radical (unpaired) electrons. The number of rotatable bonds is 5. The van der Waals surface area contributed by atoms with Crippen molar-refractivity contribution in [1.29, 1.82) is 0 Å². The number of halogens is 1. The Labute approximate surface area is 140 Å². The molecule has 0 unspecified atom stereocenters. The smallest absolute Gasteiger partial charge is 0.238 e. The van der Waals surface area contributed by atoms with Crippen molar-refractivity contribution < 1.29 is 17.6 Å². The number of carbonyl (C=O) groups excluding carboxylic acids is 1. The van der Waals surface area contributed by atoms with Gasteiger partial charge in [0.15, 0.2) is 0 Å². The molecule has 3 N–H and O–H groups in total. The number of aryl methyl sites for hydroxylation is 1. The molecular weight excluding hydrogens is 331 g/mol. The van der Waals surface area contributed by atoms with Crippen molar-refractivity contribution in [3.05, 3.63) is 65.5 Å². The quantitative estimate of drug-likeness (QED) is 0.871. The number of nitrogens with one attached hydrogen (secondary N) is 1. The van der Waals surface area contributed by atoms with E-state index in [-0.39, 0.29) is 23.0 Å². The molecule has 0 atom stereocenters. The van der Waals surface area contributed by atoms with Gasteiger partial charge < -0.3 is 5.32 Å². The lowest BCUT2D eigenvalue weighted by molar-refractivity contribution is -0.115. The van der Waals surface area contributed by atoms with Gasteiger partial charge in [0, 0.05) is 12.1 Å². The van der Waals surface area contributed by atoms with Crippen molar-refractivity contribution in [3.63, 3.8) is 0 Å². The van der Waals surface area contributed by atoms with E-state index in [9.17, 15) is 17.6 Å². The average molecular weight is 348 g/mol. The zero-order valence-corrected chi connectivity index (χ0v) is 13.8. The molecule has 24 heavy (non-hydrogen) atoms. The summed E-state index contributed by atoms with van der Waals surface area (Å²) in [6, 6.07) is 10.5. The van der Waals surface area contributed by atoms with Crippen LogP contribution in [0.25, 0.3) is 6.08 Å². The van der Waals surface area contributed by atoms with Crippen LogP contribution in [0.15, 0.2) is 53.4 Å². The summed E-state index contributed by atoms with van der Waals surface area (Å²) < 4.78 is 36.0. The van der Waals surface area contributed by atoms with Crippen LogP contribution in [0.3, 0.4) is 0 Å². The summed E-state index contributed by atoms with van der Waals surface area (Å²) in [6.45, 7) is 1.62. The third-order valence-corrected chi connectivity index (χ3v) is 4.29. The van der Waals surface area contributed by atoms with Crippen molar-refractivity contribution in [1.82, 2.24) is 0 Å². The Hall–Kier alpha value is -2.51. The van der Waals surface area contributed by atoms with E-state index in [1.54, 1.807) is 43.3 Å². The summed E-state index contributed by atoms with van der Waals surface area (Å²) in [4.78, 5) is 11.9. The first-order valence-electron chi connectivity index (χ1n) is 7.11. The Bertz CT molecular complexity index is 892. The SMILES string of the molecule is Cc1ccc(NC(=O)C/C=C/c2cccc(F)c2)cc1S(N)(=O)=O. The molecule has 0 fully saturated rings. The molecule has 0 heterocycles. The summed E-state index contributed by atoms with van der Waals surface area (Å²) in [5.74, 6) is -0.677. The van der Waals surface area contributed by atoms with Gasteiger partial charge in [0.25, 0.3) is 0 Å². The van der Waals surface area contributed by atoms with Gasteiger partial charge in [-0.15, -0.1) is 0 Å². The van der Waals surface area contributed by atoms with E-state index < -0.39 is 10.0 Å². The number of hydrogen-bond acceptors (Lipinski definition) is 3. The van der Waals surface area contributed by atoms with Gasteiger partial charge in [0.1, 0.15) is 5.82 Å². The lowest BCUT2D eigenvalue weighted by Gasteiger charge is -2.08. The lowest BCUT2D eigenvalue weighted by atomic mass is 10.2. The number of carbonyl (C=O) groups is 1. The molecule has 1 amide bonds. The van der Waals surface area contributed by atoms with E-state index in [2.05, 4.69) is 5.32 Å². The van der Waals surface area contributed by atoms with Gasteiger partial charge >= 0.3 is 0 Å². The topological polar surface area (TPSA) is 89.3 Å². The van der Waals surface area contributed by atoms with E-state index >= 15 is 0 Å². The zero-order valence-electron chi connectivity index (χ0n) is 13.0. The second kappa shape index (κ2) is 7.37. The molecule has 2 rings (SSSR count). The molecule has 2 aromatic rings. The van der Waals surface area contributed by atoms with Crippen molar-refractivity contribution >= 4 is 27.7 Å². The van der Waals surface area contributed by atoms with Crippen molar-refractivity contribution in [2.75, 3.05) is 5.32 Å². The number of anilines is 1. The minimum Gasteiger partial charge on any atom is -0.326 e. The highest BCUT2D eigenvalue weighted by Gasteiger charge is 2.12. The summed E-state index contributed by atoms with van der Waals surface area (Å²) in [5.41, 5.74) is 1.49. The Balaban J connectivity index is 2.03. The number of primary sulfonamides is 1. The Morgan fingerprint density at radius 2 is 2.00 bits per heavy atom. The molecule has 5 nitrogen and oxygen atoms in total. The fraction of sp³-hybridized carbons (Fsp3) is 0.118. The predicted octanol–water partition coefficient (Wildman–Crippen LogP) is 2.82. The standard InChI is InChI=1S/C17H17FN2O3S/c1-12-8-9-15(11-16(12)24(19,22)23)20-17(21)7-3-5-13-4-2-6-14(18)10-13/h2-6,8-11H,7H2,1H3,(H,20,21)(H2,19,22,23)/b5-3+. The second-order valence-corrected chi connectivity index (χ2v) is 6.76. The van der Waals surface area contributed by atoms with Crippen LogP contribution >= 0.6 is 0 Å². The van der Waals surface area contributed by atoms with Gasteiger partial charge in [0.2, 0.25) is 15.9 Å². The normalized spacial score (nSPS) is 11.6. The summed E-state index contributed by atoms with van der Waals surface area (Å²) in [5, 5.41) is 7.73. The molecular formula is C17H17FN2O3S. The predicted molar refractivity (Wildman–Crippen MR) is 91.2 cm³/mol. The average Bonchev–Trinajstić information content (AvgIpc) is 2.48. The van der Waals surface area contributed by atoms with Crippen LogP contribution in [0.1, 0.15) is 17.5 Å². The van der Waals surface area contributed by atoms with E-state index in [1.807, 2.05) is 0 Å². The minimum absolute atomic E-state index is 0.0318. The Kier molecular flexibility index (Phi) is 5.48. The van der Waals surface area contributed by atoms with Crippen LogP contribution in [-0.2, 0) is 14.8 Å². The first-order chi connectivity index (χ1) is 11.3. The molecule has 0 aliphatic rings. The van der Waals surface area contributed by atoms with Gasteiger partial charge in [-0.05, 0) is 42.3 Å². The second-order valence-electron chi connectivity index (χ2n) is 5.23.